The third-order valence-corrected chi connectivity index (χ3v) is 4.18. The first kappa shape index (κ1) is 17.6. The molecule has 1 unspecified atom stereocenters. The molecule has 122 valence electrons. The molecule has 0 aliphatic carbocycles. The van der Waals surface area contributed by atoms with Crippen molar-refractivity contribution in [2.24, 2.45) is 0 Å². The number of nitrogens with zero attached hydrogens (tertiary/aromatic N) is 1. The molecule has 0 bridgehead atoms. The van der Waals surface area contributed by atoms with Gasteiger partial charge in [0, 0.05) is 12.6 Å². The minimum absolute atomic E-state index is 0.145. The molecular weight excluding hydrogens is 337 g/mol. The van der Waals surface area contributed by atoms with Gasteiger partial charge in [-0.25, -0.2) is 0 Å². The van der Waals surface area contributed by atoms with E-state index in [0.29, 0.717) is 26.9 Å². The monoisotopic (exact) mass is 353 g/mol. The van der Waals surface area contributed by atoms with Crippen LogP contribution in [-0.2, 0) is 0 Å². The van der Waals surface area contributed by atoms with Crippen LogP contribution in [0.15, 0.2) is 42.5 Å². The van der Waals surface area contributed by atoms with Gasteiger partial charge < -0.3 is 14.7 Å². The number of likely N-dealkylation sites (N-methyl/N-ethyl adjacent to an activating group) is 1. The van der Waals surface area contributed by atoms with Gasteiger partial charge in [-0.3, -0.25) is 4.79 Å². The number of rotatable bonds is 5. The van der Waals surface area contributed by atoms with Gasteiger partial charge in [-0.15, -0.1) is 0 Å². The van der Waals surface area contributed by atoms with E-state index in [1.807, 2.05) is 0 Å². The Morgan fingerprint density at radius 2 is 1.96 bits per heavy atom. The lowest BCUT2D eigenvalue weighted by atomic mass is 10.1. The summed E-state index contributed by atoms with van der Waals surface area (Å²) in [6.07, 6.45) is -0.818. The van der Waals surface area contributed by atoms with Gasteiger partial charge in [-0.05, 0) is 35.9 Å². The van der Waals surface area contributed by atoms with Gasteiger partial charge in [0.1, 0.15) is 5.75 Å². The molecule has 2 aromatic carbocycles. The number of carbonyl (C=O) groups is 1. The Bertz CT molecular complexity index is 706. The molecule has 0 radical (unpaired) electrons. The summed E-state index contributed by atoms with van der Waals surface area (Å²) in [6.45, 7) is 0.145. The summed E-state index contributed by atoms with van der Waals surface area (Å²) in [6, 6.07) is 11.8. The van der Waals surface area contributed by atoms with E-state index in [9.17, 15) is 9.90 Å². The first-order valence-corrected chi connectivity index (χ1v) is 7.70. The number of halogens is 2. The second-order valence-corrected chi connectivity index (χ2v) is 5.92. The lowest BCUT2D eigenvalue weighted by molar-refractivity contribution is 0.0681. The van der Waals surface area contributed by atoms with E-state index in [1.165, 1.54) is 11.0 Å². The van der Waals surface area contributed by atoms with Crippen molar-refractivity contribution in [2.45, 2.75) is 6.10 Å². The van der Waals surface area contributed by atoms with E-state index in [2.05, 4.69) is 0 Å². The van der Waals surface area contributed by atoms with Crippen LogP contribution < -0.4 is 4.74 Å². The zero-order valence-electron chi connectivity index (χ0n) is 12.8. The SMILES string of the molecule is COc1cccc(C(O)CN(C)C(=O)c2ccc(Cl)c(Cl)c2)c1. The lowest BCUT2D eigenvalue weighted by Crippen LogP contribution is -2.31. The predicted molar refractivity (Wildman–Crippen MR) is 91.4 cm³/mol. The summed E-state index contributed by atoms with van der Waals surface area (Å²) in [7, 11) is 3.18. The number of ether oxygens (including phenoxy) is 1. The Hall–Kier alpha value is -1.75. The van der Waals surface area contributed by atoms with Crippen LogP contribution in [0, 0.1) is 0 Å². The van der Waals surface area contributed by atoms with Crippen molar-refractivity contribution >= 4 is 29.1 Å². The van der Waals surface area contributed by atoms with Crippen LogP contribution >= 0.6 is 23.2 Å². The molecule has 0 heterocycles. The first-order valence-electron chi connectivity index (χ1n) is 6.95. The van der Waals surface area contributed by atoms with Crippen molar-refractivity contribution in [3.63, 3.8) is 0 Å². The minimum atomic E-state index is -0.818. The number of benzene rings is 2. The maximum absolute atomic E-state index is 12.4. The summed E-state index contributed by atoms with van der Waals surface area (Å²) in [5.74, 6) is 0.408. The lowest BCUT2D eigenvalue weighted by Gasteiger charge is -2.21. The third-order valence-electron chi connectivity index (χ3n) is 3.44. The number of amides is 1. The molecular formula is C17H17Cl2NO3. The fourth-order valence-electron chi connectivity index (χ4n) is 2.15. The zero-order chi connectivity index (χ0) is 17.0. The van der Waals surface area contributed by atoms with Gasteiger partial charge in [-0.1, -0.05) is 35.3 Å². The molecule has 1 atom stereocenters. The maximum Gasteiger partial charge on any atom is 0.253 e. The summed E-state index contributed by atoms with van der Waals surface area (Å²) in [5.41, 5.74) is 1.10. The van der Waals surface area contributed by atoms with E-state index in [0.717, 1.165) is 0 Å². The molecule has 0 saturated heterocycles. The van der Waals surface area contributed by atoms with Gasteiger partial charge in [-0.2, -0.15) is 0 Å². The Labute approximate surface area is 145 Å². The van der Waals surface area contributed by atoms with Gasteiger partial charge in [0.2, 0.25) is 0 Å². The Morgan fingerprint density at radius 1 is 1.22 bits per heavy atom. The molecule has 4 nitrogen and oxygen atoms in total. The number of aliphatic hydroxyl groups excluding tert-OH is 1. The van der Waals surface area contributed by atoms with E-state index >= 15 is 0 Å². The highest BCUT2D eigenvalue weighted by molar-refractivity contribution is 6.42. The Kier molecular flexibility index (Phi) is 5.88. The van der Waals surface area contributed by atoms with Crippen molar-refractivity contribution in [1.29, 1.82) is 0 Å². The normalized spacial score (nSPS) is 11.9. The van der Waals surface area contributed by atoms with Crippen LogP contribution in [0.1, 0.15) is 22.0 Å². The number of aliphatic hydroxyl groups is 1. The molecule has 0 aliphatic rings. The average Bonchev–Trinajstić information content (AvgIpc) is 2.56. The topological polar surface area (TPSA) is 49.8 Å². The fourth-order valence-corrected chi connectivity index (χ4v) is 2.44. The standard InChI is InChI=1S/C17H17Cl2NO3/c1-20(17(22)12-6-7-14(18)15(19)9-12)10-16(21)11-4-3-5-13(8-11)23-2/h3-9,16,21H,10H2,1-2H3. The second kappa shape index (κ2) is 7.68. The second-order valence-electron chi connectivity index (χ2n) is 5.11. The third kappa shape index (κ3) is 4.38. The largest absolute Gasteiger partial charge is 0.497 e. The number of carbonyl (C=O) groups excluding carboxylic acids is 1. The summed E-state index contributed by atoms with van der Waals surface area (Å²) >= 11 is 11.8. The van der Waals surface area contributed by atoms with Gasteiger partial charge >= 0.3 is 0 Å². The van der Waals surface area contributed by atoms with Crippen molar-refractivity contribution in [2.75, 3.05) is 20.7 Å². The molecule has 6 heteroatoms. The number of hydrogen-bond acceptors (Lipinski definition) is 3. The average molecular weight is 354 g/mol. The molecule has 0 aliphatic heterocycles. The highest BCUT2D eigenvalue weighted by atomic mass is 35.5. The van der Waals surface area contributed by atoms with E-state index in [4.69, 9.17) is 27.9 Å². The van der Waals surface area contributed by atoms with Crippen molar-refractivity contribution in [3.05, 3.63) is 63.6 Å². The molecule has 0 fully saturated rings. The zero-order valence-corrected chi connectivity index (χ0v) is 14.3. The molecule has 0 saturated carbocycles. The van der Waals surface area contributed by atoms with E-state index in [-0.39, 0.29) is 12.5 Å². The Morgan fingerprint density at radius 3 is 2.61 bits per heavy atom. The molecule has 2 rings (SSSR count). The first-order chi connectivity index (χ1) is 10.9. The van der Waals surface area contributed by atoms with Crippen LogP contribution in [0.3, 0.4) is 0 Å². The predicted octanol–water partition coefficient (Wildman–Crippen LogP) is 3.81. The van der Waals surface area contributed by atoms with Crippen molar-refractivity contribution in [1.82, 2.24) is 4.90 Å². The molecule has 23 heavy (non-hydrogen) atoms. The van der Waals surface area contributed by atoms with Gasteiger partial charge in [0.15, 0.2) is 0 Å². The summed E-state index contributed by atoms with van der Waals surface area (Å²) in [4.78, 5) is 13.8. The minimum Gasteiger partial charge on any atom is -0.497 e. The van der Waals surface area contributed by atoms with E-state index in [1.54, 1.807) is 50.6 Å². The van der Waals surface area contributed by atoms with Crippen LogP contribution in [-0.4, -0.2) is 36.6 Å². The molecule has 1 N–H and O–H groups in total. The molecule has 1 amide bonds. The van der Waals surface area contributed by atoms with Crippen LogP contribution in [0.2, 0.25) is 10.0 Å². The quantitative estimate of drug-likeness (QED) is 0.888. The van der Waals surface area contributed by atoms with Crippen molar-refractivity contribution < 1.29 is 14.6 Å². The summed E-state index contributed by atoms with van der Waals surface area (Å²) < 4.78 is 5.13. The van der Waals surface area contributed by atoms with Gasteiger partial charge in [0.25, 0.3) is 5.91 Å². The molecule has 0 spiro atoms. The molecule has 2 aromatic rings. The smallest absolute Gasteiger partial charge is 0.253 e. The highest BCUT2D eigenvalue weighted by Crippen LogP contribution is 2.24. The van der Waals surface area contributed by atoms with E-state index < -0.39 is 6.10 Å². The van der Waals surface area contributed by atoms with Crippen LogP contribution in [0.25, 0.3) is 0 Å². The van der Waals surface area contributed by atoms with Crippen LogP contribution in [0.4, 0.5) is 0 Å². The van der Waals surface area contributed by atoms with Crippen LogP contribution in [0.5, 0.6) is 5.75 Å². The molecule has 0 aromatic heterocycles. The number of hydrogen-bond donors (Lipinski definition) is 1. The highest BCUT2D eigenvalue weighted by Gasteiger charge is 2.18. The fraction of sp³-hybridized carbons (Fsp3) is 0.235. The summed E-state index contributed by atoms with van der Waals surface area (Å²) in [5, 5.41) is 11.0. The Balaban J connectivity index is 2.09. The van der Waals surface area contributed by atoms with Gasteiger partial charge in [0.05, 0.1) is 29.8 Å². The number of methoxy groups -OCH3 is 1. The maximum atomic E-state index is 12.4. The van der Waals surface area contributed by atoms with Crippen molar-refractivity contribution in [3.8, 4) is 5.75 Å².